The topological polar surface area (TPSA) is 68.8 Å². The van der Waals surface area contributed by atoms with E-state index < -0.39 is 0 Å². The summed E-state index contributed by atoms with van der Waals surface area (Å²) in [4.78, 5) is 20.0. The van der Waals surface area contributed by atoms with Gasteiger partial charge >= 0.3 is 0 Å². The van der Waals surface area contributed by atoms with Crippen molar-refractivity contribution in [3.63, 3.8) is 0 Å². The zero-order valence-electron chi connectivity index (χ0n) is 16.9. The standard InChI is InChI=1S/C20H33N5OS.HI/c1-15-7-11-25(12-8-15)17(18-4-3-13-27-18)14-24-20(21-2)23-10-9-22-19(26)16-5-6-16;/h3-4,13,15-17H,5-12,14H2,1-2H3,(H,22,26)(H2,21,23,24);1H. The zero-order valence-corrected chi connectivity index (χ0v) is 20.1. The van der Waals surface area contributed by atoms with Gasteiger partial charge < -0.3 is 16.0 Å². The molecule has 1 saturated heterocycles. The summed E-state index contributed by atoms with van der Waals surface area (Å²) >= 11 is 1.83. The highest BCUT2D eigenvalue weighted by atomic mass is 127. The molecule has 0 aromatic carbocycles. The molecular formula is C20H34IN5OS. The minimum Gasteiger partial charge on any atom is -0.355 e. The van der Waals surface area contributed by atoms with Gasteiger partial charge in [-0.05, 0) is 56.1 Å². The number of hydrogen-bond acceptors (Lipinski definition) is 4. The van der Waals surface area contributed by atoms with E-state index in [1.54, 1.807) is 7.05 Å². The number of piperidine rings is 1. The number of guanidine groups is 1. The van der Waals surface area contributed by atoms with Crippen LogP contribution in [0.1, 0.15) is 43.5 Å². The first-order valence-electron chi connectivity index (χ1n) is 10.2. The Morgan fingerprint density at radius 1 is 1.21 bits per heavy atom. The van der Waals surface area contributed by atoms with Crippen molar-refractivity contribution in [2.75, 3.05) is 39.8 Å². The number of carbonyl (C=O) groups excluding carboxylic acids is 1. The van der Waals surface area contributed by atoms with Gasteiger partial charge in [-0.1, -0.05) is 13.0 Å². The third kappa shape index (κ3) is 7.18. The van der Waals surface area contributed by atoms with Crippen LogP contribution in [-0.4, -0.2) is 56.5 Å². The van der Waals surface area contributed by atoms with Gasteiger partial charge in [0.1, 0.15) is 0 Å². The number of amides is 1. The highest BCUT2D eigenvalue weighted by Crippen LogP contribution is 2.29. The highest BCUT2D eigenvalue weighted by molar-refractivity contribution is 14.0. The average molecular weight is 519 g/mol. The number of nitrogens with zero attached hydrogens (tertiary/aromatic N) is 2. The lowest BCUT2D eigenvalue weighted by Crippen LogP contribution is -2.46. The van der Waals surface area contributed by atoms with Crippen molar-refractivity contribution >= 4 is 47.2 Å². The summed E-state index contributed by atoms with van der Waals surface area (Å²) in [6, 6.07) is 4.75. The molecule has 1 aromatic heterocycles. The quantitative estimate of drug-likeness (QED) is 0.214. The Morgan fingerprint density at radius 2 is 1.93 bits per heavy atom. The lowest BCUT2D eigenvalue weighted by Gasteiger charge is -2.36. The molecule has 2 aliphatic rings. The summed E-state index contributed by atoms with van der Waals surface area (Å²) in [5.74, 6) is 2.08. The predicted octanol–water partition coefficient (Wildman–Crippen LogP) is 2.83. The van der Waals surface area contributed by atoms with Crippen molar-refractivity contribution in [3.8, 4) is 0 Å². The average Bonchev–Trinajstić information content (AvgIpc) is 3.40. The fourth-order valence-electron chi connectivity index (χ4n) is 3.50. The number of rotatable bonds is 8. The summed E-state index contributed by atoms with van der Waals surface area (Å²) in [7, 11) is 1.79. The number of nitrogens with one attached hydrogen (secondary N) is 3. The summed E-state index contributed by atoms with van der Waals surface area (Å²) < 4.78 is 0. The molecule has 1 aliphatic carbocycles. The molecule has 1 aliphatic heterocycles. The van der Waals surface area contributed by atoms with Crippen LogP contribution in [0, 0.1) is 11.8 Å². The summed E-state index contributed by atoms with van der Waals surface area (Å²) in [6.45, 7) is 6.82. The molecule has 1 amide bonds. The summed E-state index contributed by atoms with van der Waals surface area (Å²) in [5.41, 5.74) is 0. The number of hydrogen-bond donors (Lipinski definition) is 3. The fraction of sp³-hybridized carbons (Fsp3) is 0.700. The van der Waals surface area contributed by atoms with E-state index in [9.17, 15) is 4.79 Å². The number of thiophene rings is 1. The van der Waals surface area contributed by atoms with Crippen molar-refractivity contribution in [1.29, 1.82) is 0 Å². The van der Waals surface area contributed by atoms with E-state index in [-0.39, 0.29) is 35.8 Å². The molecule has 2 fully saturated rings. The Bertz CT molecular complexity index is 612. The first-order chi connectivity index (χ1) is 13.2. The van der Waals surface area contributed by atoms with Crippen LogP contribution in [0.4, 0.5) is 0 Å². The molecule has 1 atom stereocenters. The van der Waals surface area contributed by atoms with Crippen molar-refractivity contribution in [3.05, 3.63) is 22.4 Å². The van der Waals surface area contributed by atoms with Crippen LogP contribution in [0.5, 0.6) is 0 Å². The molecule has 1 aromatic rings. The van der Waals surface area contributed by atoms with Gasteiger partial charge in [-0.2, -0.15) is 0 Å². The third-order valence-corrected chi connectivity index (χ3v) is 6.46. The van der Waals surface area contributed by atoms with Gasteiger partial charge in [-0.3, -0.25) is 14.7 Å². The van der Waals surface area contributed by atoms with Crippen molar-refractivity contribution in [1.82, 2.24) is 20.9 Å². The number of likely N-dealkylation sites (tertiary alicyclic amines) is 1. The molecule has 0 radical (unpaired) electrons. The van der Waals surface area contributed by atoms with E-state index >= 15 is 0 Å². The predicted molar refractivity (Wildman–Crippen MR) is 128 cm³/mol. The van der Waals surface area contributed by atoms with Crippen molar-refractivity contribution in [2.24, 2.45) is 16.8 Å². The van der Waals surface area contributed by atoms with Crippen LogP contribution in [0.15, 0.2) is 22.5 Å². The molecule has 0 spiro atoms. The van der Waals surface area contributed by atoms with Crippen LogP contribution in [0.2, 0.25) is 0 Å². The largest absolute Gasteiger partial charge is 0.355 e. The van der Waals surface area contributed by atoms with E-state index in [4.69, 9.17) is 0 Å². The molecule has 6 nitrogen and oxygen atoms in total. The van der Waals surface area contributed by atoms with Gasteiger partial charge in [-0.15, -0.1) is 35.3 Å². The molecule has 2 heterocycles. The van der Waals surface area contributed by atoms with Gasteiger partial charge in [0.2, 0.25) is 5.91 Å². The monoisotopic (exact) mass is 519 g/mol. The van der Waals surface area contributed by atoms with Crippen molar-refractivity contribution < 1.29 is 4.79 Å². The minimum atomic E-state index is 0. The summed E-state index contributed by atoms with van der Waals surface area (Å²) in [6.07, 6.45) is 4.63. The van der Waals surface area contributed by atoms with E-state index in [2.05, 4.69) is 50.3 Å². The first-order valence-corrected chi connectivity index (χ1v) is 11.0. The minimum absolute atomic E-state index is 0. The highest BCUT2D eigenvalue weighted by Gasteiger charge is 2.29. The Kier molecular flexibility index (Phi) is 10.0. The van der Waals surface area contributed by atoms with E-state index in [0.717, 1.165) is 44.4 Å². The second kappa shape index (κ2) is 12.0. The smallest absolute Gasteiger partial charge is 0.223 e. The number of halogens is 1. The van der Waals surface area contributed by atoms with E-state index in [1.165, 1.54) is 17.7 Å². The van der Waals surface area contributed by atoms with Gasteiger partial charge in [0.15, 0.2) is 5.96 Å². The van der Waals surface area contributed by atoms with Crippen molar-refractivity contribution in [2.45, 2.75) is 38.6 Å². The van der Waals surface area contributed by atoms with E-state index in [1.807, 2.05) is 11.3 Å². The molecule has 158 valence electrons. The second-order valence-corrected chi connectivity index (χ2v) is 8.67. The van der Waals surface area contributed by atoms with Crippen LogP contribution >= 0.6 is 35.3 Å². The Hall–Kier alpha value is -0.870. The third-order valence-electron chi connectivity index (χ3n) is 5.48. The van der Waals surface area contributed by atoms with Crippen LogP contribution < -0.4 is 16.0 Å². The van der Waals surface area contributed by atoms with Crippen LogP contribution in [0.25, 0.3) is 0 Å². The zero-order chi connectivity index (χ0) is 19.1. The van der Waals surface area contributed by atoms with Gasteiger partial charge in [0, 0.05) is 37.5 Å². The van der Waals surface area contributed by atoms with Gasteiger partial charge in [0.05, 0.1) is 6.04 Å². The maximum absolute atomic E-state index is 11.7. The lowest BCUT2D eigenvalue weighted by atomic mass is 9.97. The normalized spacial score (nSPS) is 19.6. The number of carbonyl (C=O) groups is 1. The Morgan fingerprint density at radius 3 is 2.54 bits per heavy atom. The molecule has 0 bridgehead atoms. The molecule has 3 rings (SSSR count). The molecule has 1 saturated carbocycles. The van der Waals surface area contributed by atoms with Gasteiger partial charge in [-0.25, -0.2) is 0 Å². The van der Waals surface area contributed by atoms with Crippen LogP contribution in [0.3, 0.4) is 0 Å². The Balaban J connectivity index is 0.00000280. The molecule has 8 heteroatoms. The Labute approximate surface area is 190 Å². The van der Waals surface area contributed by atoms with E-state index in [0.29, 0.717) is 19.1 Å². The number of aliphatic imine (C=N–C) groups is 1. The summed E-state index contributed by atoms with van der Waals surface area (Å²) in [5, 5.41) is 11.9. The molecule has 3 N–H and O–H groups in total. The molecule has 28 heavy (non-hydrogen) atoms. The second-order valence-electron chi connectivity index (χ2n) is 7.69. The maximum atomic E-state index is 11.7. The lowest BCUT2D eigenvalue weighted by molar-refractivity contribution is -0.122. The fourth-order valence-corrected chi connectivity index (χ4v) is 4.36. The maximum Gasteiger partial charge on any atom is 0.223 e. The van der Waals surface area contributed by atoms with Crippen LogP contribution in [-0.2, 0) is 4.79 Å². The van der Waals surface area contributed by atoms with Gasteiger partial charge in [0.25, 0.3) is 0 Å². The first kappa shape index (κ1) is 23.4. The molecular weight excluding hydrogens is 485 g/mol. The molecule has 1 unspecified atom stereocenters. The SMILES string of the molecule is CN=C(NCCNC(=O)C1CC1)NCC(c1cccs1)N1CCC(C)CC1.I.